The van der Waals surface area contributed by atoms with Gasteiger partial charge in [0, 0.05) is 23.5 Å². The van der Waals surface area contributed by atoms with Gasteiger partial charge in [-0.1, -0.05) is 41.9 Å². The van der Waals surface area contributed by atoms with Gasteiger partial charge in [-0.05, 0) is 44.5 Å². The summed E-state index contributed by atoms with van der Waals surface area (Å²) >= 11 is 6.12. The molecule has 2 aromatic carbocycles. The van der Waals surface area contributed by atoms with Crippen LogP contribution in [0, 0.1) is 0 Å². The molecule has 3 aromatic rings. The second-order valence-corrected chi connectivity index (χ2v) is 8.67. The third kappa shape index (κ3) is 6.11. The molecule has 0 aliphatic heterocycles. The van der Waals surface area contributed by atoms with Gasteiger partial charge in [0.05, 0.1) is 10.6 Å². The second-order valence-electron chi connectivity index (χ2n) is 8.26. The molecule has 3 rings (SSSR count). The van der Waals surface area contributed by atoms with Crippen LogP contribution < -0.4 is 5.32 Å². The predicted octanol–water partition coefficient (Wildman–Crippen LogP) is 4.05. The van der Waals surface area contributed by atoms with Gasteiger partial charge < -0.3 is 19.8 Å². The molecule has 0 fully saturated rings. The number of halogens is 1. The zero-order valence-electron chi connectivity index (χ0n) is 18.1. The van der Waals surface area contributed by atoms with E-state index in [2.05, 4.69) is 10.3 Å². The number of para-hydroxylation sites is 1. The van der Waals surface area contributed by atoms with Crippen molar-refractivity contribution >= 4 is 40.3 Å². The molecule has 0 unspecified atom stereocenters. The molecule has 0 radical (unpaired) electrons. The normalized spacial score (nSPS) is 12.2. The van der Waals surface area contributed by atoms with Gasteiger partial charge in [0.2, 0.25) is 0 Å². The van der Waals surface area contributed by atoms with Crippen LogP contribution in [-0.4, -0.2) is 41.1 Å². The Morgan fingerprint density at radius 3 is 2.47 bits per heavy atom. The number of benzene rings is 2. The molecule has 0 bridgehead atoms. The average Bonchev–Trinajstić information content (AvgIpc) is 3.13. The molecule has 0 saturated heterocycles. The third-order valence-corrected chi connectivity index (χ3v) is 4.89. The molecule has 1 atom stereocenters. The van der Waals surface area contributed by atoms with Crippen LogP contribution in [-0.2, 0) is 25.5 Å². The number of fused-ring (bicyclic) bond motifs is 1. The van der Waals surface area contributed by atoms with Crippen LogP contribution in [0.3, 0.4) is 0 Å². The molecular formula is C24H25ClN2O5. The number of rotatable bonds is 7. The van der Waals surface area contributed by atoms with Crippen LogP contribution in [0.15, 0.2) is 54.7 Å². The molecule has 8 heteroatoms. The molecule has 0 spiro atoms. The summed E-state index contributed by atoms with van der Waals surface area (Å²) in [5.41, 5.74) is 1.25. The van der Waals surface area contributed by atoms with Gasteiger partial charge in [0.25, 0.3) is 5.91 Å². The Bertz CT molecular complexity index is 1130. The van der Waals surface area contributed by atoms with E-state index in [4.69, 9.17) is 21.1 Å². The van der Waals surface area contributed by atoms with Gasteiger partial charge in [-0.25, -0.2) is 9.59 Å². The average molecular weight is 457 g/mol. The number of hydrogen-bond donors (Lipinski definition) is 2. The molecule has 168 valence electrons. The van der Waals surface area contributed by atoms with Crippen LogP contribution >= 0.6 is 11.6 Å². The molecule has 0 aliphatic rings. The highest BCUT2D eigenvalue weighted by Gasteiger charge is 2.27. The molecule has 2 N–H and O–H groups in total. The molecule has 7 nitrogen and oxygen atoms in total. The minimum atomic E-state index is -1.04. The largest absolute Gasteiger partial charge is 0.457 e. The van der Waals surface area contributed by atoms with Crippen molar-refractivity contribution in [1.82, 2.24) is 10.3 Å². The van der Waals surface area contributed by atoms with E-state index in [0.717, 1.165) is 16.5 Å². The Morgan fingerprint density at radius 1 is 1.06 bits per heavy atom. The van der Waals surface area contributed by atoms with E-state index in [1.807, 2.05) is 24.3 Å². The first kappa shape index (κ1) is 23.3. The van der Waals surface area contributed by atoms with Crippen molar-refractivity contribution in [1.29, 1.82) is 0 Å². The van der Waals surface area contributed by atoms with E-state index < -0.39 is 36.1 Å². The summed E-state index contributed by atoms with van der Waals surface area (Å²) in [7, 11) is 0. The first-order chi connectivity index (χ1) is 15.1. The van der Waals surface area contributed by atoms with Gasteiger partial charge in [-0.2, -0.15) is 0 Å². The maximum Gasteiger partial charge on any atom is 0.344 e. The maximum absolute atomic E-state index is 12.8. The van der Waals surface area contributed by atoms with E-state index in [1.54, 1.807) is 51.2 Å². The monoisotopic (exact) mass is 456 g/mol. The molecule has 0 saturated carbocycles. The first-order valence-electron chi connectivity index (χ1n) is 10.1. The van der Waals surface area contributed by atoms with Crippen molar-refractivity contribution in [3.8, 4) is 0 Å². The highest BCUT2D eigenvalue weighted by molar-refractivity contribution is 6.33. The summed E-state index contributed by atoms with van der Waals surface area (Å²) in [6.07, 6.45) is 1.94. The van der Waals surface area contributed by atoms with E-state index in [0.29, 0.717) is 0 Å². The molecule has 0 aliphatic carbocycles. The van der Waals surface area contributed by atoms with E-state index in [9.17, 15) is 14.4 Å². The topological polar surface area (TPSA) is 97.5 Å². The number of aromatic nitrogens is 1. The van der Waals surface area contributed by atoms with Gasteiger partial charge in [0.1, 0.15) is 11.6 Å². The number of carbonyl (C=O) groups is 3. The Kier molecular flexibility index (Phi) is 7.20. The van der Waals surface area contributed by atoms with Gasteiger partial charge in [-0.15, -0.1) is 0 Å². The molecule has 1 aromatic heterocycles. The summed E-state index contributed by atoms with van der Waals surface area (Å²) in [6.45, 7) is 4.60. The Labute approximate surface area is 191 Å². The maximum atomic E-state index is 12.8. The zero-order chi connectivity index (χ0) is 23.3. The number of carbonyl (C=O) groups excluding carboxylic acids is 3. The standard InChI is InChI=1S/C24H25ClN2O5/c1-24(2,3)32-21(28)14-31-23(30)20(27-22(29)17-9-4-6-10-18(17)25)12-15-13-26-19-11-7-5-8-16(15)19/h4-11,13,20,26H,12,14H2,1-3H3,(H,27,29)/t20-/m0/s1. The number of aromatic amines is 1. The lowest BCUT2D eigenvalue weighted by Crippen LogP contribution is -2.44. The van der Waals surface area contributed by atoms with Crippen molar-refractivity contribution in [2.45, 2.75) is 38.8 Å². The van der Waals surface area contributed by atoms with Crippen molar-refractivity contribution in [3.05, 3.63) is 70.9 Å². The molecular weight excluding hydrogens is 432 g/mol. The van der Waals surface area contributed by atoms with E-state index in [-0.39, 0.29) is 17.0 Å². The summed E-state index contributed by atoms with van der Waals surface area (Å²) in [6, 6.07) is 13.1. The van der Waals surface area contributed by atoms with Crippen LogP contribution in [0.4, 0.5) is 0 Å². The number of ether oxygens (including phenoxy) is 2. The van der Waals surface area contributed by atoms with Crippen molar-refractivity contribution < 1.29 is 23.9 Å². The van der Waals surface area contributed by atoms with E-state index >= 15 is 0 Å². The van der Waals surface area contributed by atoms with E-state index in [1.165, 1.54) is 0 Å². The fourth-order valence-corrected chi connectivity index (χ4v) is 3.42. The SMILES string of the molecule is CC(C)(C)OC(=O)COC(=O)[C@H](Cc1c[nH]c2ccccc12)NC(=O)c1ccccc1Cl. The number of amides is 1. The summed E-state index contributed by atoms with van der Waals surface area (Å²) in [5.74, 6) is -1.94. The van der Waals surface area contributed by atoms with Gasteiger partial charge in [0.15, 0.2) is 6.61 Å². The molecule has 32 heavy (non-hydrogen) atoms. The summed E-state index contributed by atoms with van der Waals surface area (Å²) in [4.78, 5) is 40.7. The van der Waals surface area contributed by atoms with Gasteiger partial charge >= 0.3 is 11.9 Å². The molecule has 1 amide bonds. The van der Waals surface area contributed by atoms with Crippen molar-refractivity contribution in [3.63, 3.8) is 0 Å². The Morgan fingerprint density at radius 2 is 1.75 bits per heavy atom. The van der Waals surface area contributed by atoms with Crippen LogP contribution in [0.1, 0.15) is 36.7 Å². The fourth-order valence-electron chi connectivity index (χ4n) is 3.20. The lowest BCUT2D eigenvalue weighted by Gasteiger charge is -2.21. The number of hydrogen-bond acceptors (Lipinski definition) is 5. The summed E-state index contributed by atoms with van der Waals surface area (Å²) in [5, 5.41) is 3.87. The quantitative estimate of drug-likeness (QED) is 0.523. The Balaban J connectivity index is 1.78. The fraction of sp³-hybridized carbons (Fsp3) is 0.292. The number of nitrogens with one attached hydrogen (secondary N) is 2. The minimum Gasteiger partial charge on any atom is -0.457 e. The Hall–Kier alpha value is -3.32. The molecule has 1 heterocycles. The van der Waals surface area contributed by atoms with Crippen molar-refractivity contribution in [2.75, 3.05) is 6.61 Å². The highest BCUT2D eigenvalue weighted by Crippen LogP contribution is 2.20. The summed E-state index contributed by atoms with van der Waals surface area (Å²) < 4.78 is 10.3. The number of H-pyrrole nitrogens is 1. The third-order valence-electron chi connectivity index (χ3n) is 4.56. The minimum absolute atomic E-state index is 0.160. The zero-order valence-corrected chi connectivity index (χ0v) is 18.9. The van der Waals surface area contributed by atoms with Crippen LogP contribution in [0.2, 0.25) is 5.02 Å². The number of esters is 2. The lowest BCUT2D eigenvalue weighted by atomic mass is 10.0. The van der Waals surface area contributed by atoms with Crippen LogP contribution in [0.5, 0.6) is 0 Å². The van der Waals surface area contributed by atoms with Gasteiger partial charge in [-0.3, -0.25) is 4.79 Å². The second kappa shape index (κ2) is 9.87. The smallest absolute Gasteiger partial charge is 0.344 e. The van der Waals surface area contributed by atoms with Crippen LogP contribution in [0.25, 0.3) is 10.9 Å². The highest BCUT2D eigenvalue weighted by atomic mass is 35.5. The predicted molar refractivity (Wildman–Crippen MR) is 122 cm³/mol. The first-order valence-corrected chi connectivity index (χ1v) is 10.5. The van der Waals surface area contributed by atoms with Crippen molar-refractivity contribution in [2.24, 2.45) is 0 Å². The lowest BCUT2D eigenvalue weighted by molar-refractivity contribution is -0.167.